The number of carbonyl (C=O) groups is 1. The largest absolute Gasteiger partial charge is 0.487 e. The third kappa shape index (κ3) is 5.06. The molecule has 7 nitrogen and oxygen atoms in total. The second-order valence-electron chi connectivity index (χ2n) is 9.06. The predicted octanol–water partition coefficient (Wildman–Crippen LogP) is 5.08. The SMILES string of the molecule is N#Cc1cccc2oc(C[C@H]3C[C@@H](c4ccc(OC(F)F)c(OC5CCCC5)c4)CNC3=O)nc12. The molecule has 0 radical (unpaired) electrons. The van der Waals surface area contributed by atoms with Gasteiger partial charge in [-0.2, -0.15) is 14.0 Å². The zero-order valence-corrected chi connectivity index (χ0v) is 19.0. The number of aromatic nitrogens is 1. The summed E-state index contributed by atoms with van der Waals surface area (Å²) in [6.45, 7) is -2.51. The van der Waals surface area contributed by atoms with Crippen LogP contribution >= 0.6 is 0 Å². The summed E-state index contributed by atoms with van der Waals surface area (Å²) in [5, 5.41) is 12.2. The Balaban J connectivity index is 1.35. The van der Waals surface area contributed by atoms with Gasteiger partial charge in [0.25, 0.3) is 0 Å². The van der Waals surface area contributed by atoms with E-state index in [4.69, 9.17) is 13.9 Å². The highest BCUT2D eigenvalue weighted by molar-refractivity contribution is 5.81. The van der Waals surface area contributed by atoms with Crippen molar-refractivity contribution in [2.24, 2.45) is 5.92 Å². The number of nitrogens with one attached hydrogen (secondary N) is 1. The third-order valence-electron chi connectivity index (χ3n) is 6.72. The maximum Gasteiger partial charge on any atom is 0.387 e. The Bertz CT molecular complexity index is 1260. The van der Waals surface area contributed by atoms with Gasteiger partial charge in [-0.25, -0.2) is 4.98 Å². The van der Waals surface area contributed by atoms with Gasteiger partial charge in [0.15, 0.2) is 23.0 Å². The van der Waals surface area contributed by atoms with Gasteiger partial charge in [0.1, 0.15) is 11.6 Å². The van der Waals surface area contributed by atoms with Gasteiger partial charge in [0.2, 0.25) is 5.91 Å². The Kier molecular flexibility index (Phi) is 6.53. The smallest absolute Gasteiger partial charge is 0.387 e. The van der Waals surface area contributed by atoms with Gasteiger partial charge >= 0.3 is 6.61 Å². The molecule has 5 rings (SSSR count). The Morgan fingerprint density at radius 3 is 2.80 bits per heavy atom. The number of oxazole rings is 1. The van der Waals surface area contributed by atoms with Crippen molar-refractivity contribution in [3.05, 3.63) is 53.4 Å². The van der Waals surface area contributed by atoms with Crippen LogP contribution in [0.3, 0.4) is 0 Å². The van der Waals surface area contributed by atoms with Crippen LogP contribution in [0.1, 0.15) is 55.0 Å². The summed E-state index contributed by atoms with van der Waals surface area (Å²) >= 11 is 0. The fourth-order valence-corrected chi connectivity index (χ4v) is 4.96. The van der Waals surface area contributed by atoms with E-state index in [-0.39, 0.29) is 29.6 Å². The van der Waals surface area contributed by atoms with E-state index in [0.29, 0.717) is 47.7 Å². The molecule has 0 unspecified atom stereocenters. The van der Waals surface area contributed by atoms with Crippen molar-refractivity contribution in [1.82, 2.24) is 10.3 Å². The molecule has 35 heavy (non-hydrogen) atoms. The molecule has 2 fully saturated rings. The summed E-state index contributed by atoms with van der Waals surface area (Å²) in [6, 6.07) is 12.3. The maximum absolute atomic E-state index is 12.9. The number of amides is 1. The lowest BCUT2D eigenvalue weighted by Crippen LogP contribution is -2.41. The number of piperidine rings is 1. The maximum atomic E-state index is 12.9. The molecule has 3 aromatic rings. The number of hydrogen-bond donors (Lipinski definition) is 1. The number of hydrogen-bond acceptors (Lipinski definition) is 6. The Morgan fingerprint density at radius 1 is 1.20 bits per heavy atom. The summed E-state index contributed by atoms with van der Waals surface area (Å²) in [5.74, 6) is 0.211. The van der Waals surface area contributed by atoms with Crippen molar-refractivity contribution in [3.8, 4) is 17.6 Å². The number of alkyl halides is 2. The van der Waals surface area contributed by atoms with Gasteiger partial charge in [-0.15, -0.1) is 0 Å². The molecule has 0 bridgehead atoms. The van der Waals surface area contributed by atoms with Crippen LogP contribution in [0.4, 0.5) is 8.78 Å². The van der Waals surface area contributed by atoms with Crippen molar-refractivity contribution in [2.45, 2.75) is 57.2 Å². The molecular formula is C26H25F2N3O4. The average molecular weight is 481 g/mol. The van der Waals surface area contributed by atoms with E-state index in [1.807, 2.05) is 0 Å². The zero-order valence-electron chi connectivity index (χ0n) is 19.0. The Morgan fingerprint density at radius 2 is 2.03 bits per heavy atom. The molecule has 0 spiro atoms. The van der Waals surface area contributed by atoms with Crippen LogP contribution in [0.5, 0.6) is 11.5 Å². The quantitative estimate of drug-likeness (QED) is 0.505. The van der Waals surface area contributed by atoms with E-state index in [2.05, 4.69) is 16.4 Å². The predicted molar refractivity (Wildman–Crippen MR) is 122 cm³/mol. The highest BCUT2D eigenvalue weighted by Gasteiger charge is 2.32. The number of carbonyl (C=O) groups excluding carboxylic acids is 1. The molecule has 1 saturated heterocycles. The number of ether oxygens (including phenoxy) is 2. The van der Waals surface area contributed by atoms with Gasteiger partial charge in [0.05, 0.1) is 11.7 Å². The normalized spacial score (nSPS) is 20.7. The molecule has 1 aliphatic heterocycles. The minimum absolute atomic E-state index is 0.0125. The van der Waals surface area contributed by atoms with Crippen molar-refractivity contribution < 1.29 is 27.5 Å². The van der Waals surface area contributed by atoms with Crippen molar-refractivity contribution >= 4 is 17.0 Å². The molecule has 1 amide bonds. The second-order valence-corrected chi connectivity index (χ2v) is 9.06. The summed E-state index contributed by atoms with van der Waals surface area (Å²) in [5.41, 5.74) is 2.30. The number of para-hydroxylation sites is 1. The monoisotopic (exact) mass is 481 g/mol. The lowest BCUT2D eigenvalue weighted by atomic mass is 9.83. The van der Waals surface area contributed by atoms with E-state index in [9.17, 15) is 18.8 Å². The summed E-state index contributed by atoms with van der Waals surface area (Å²) in [4.78, 5) is 17.1. The highest BCUT2D eigenvalue weighted by atomic mass is 19.3. The number of benzene rings is 2. The molecule has 2 atom stereocenters. The zero-order chi connectivity index (χ0) is 24.4. The van der Waals surface area contributed by atoms with Crippen molar-refractivity contribution in [3.63, 3.8) is 0 Å². The van der Waals surface area contributed by atoms with Crippen molar-refractivity contribution in [1.29, 1.82) is 5.26 Å². The lowest BCUT2D eigenvalue weighted by Gasteiger charge is -2.29. The van der Waals surface area contributed by atoms with Crippen molar-refractivity contribution in [2.75, 3.05) is 6.54 Å². The van der Waals surface area contributed by atoms with Crippen LogP contribution in [0.15, 0.2) is 40.8 Å². The molecule has 1 saturated carbocycles. The number of rotatable bonds is 7. The van der Waals surface area contributed by atoms with Gasteiger partial charge < -0.3 is 19.2 Å². The van der Waals surface area contributed by atoms with Crippen LogP contribution < -0.4 is 14.8 Å². The van der Waals surface area contributed by atoms with Gasteiger partial charge in [-0.05, 0) is 61.9 Å². The first-order valence-corrected chi connectivity index (χ1v) is 11.8. The first kappa shape index (κ1) is 23.1. The average Bonchev–Trinajstić information content (AvgIpc) is 3.50. The number of fused-ring (bicyclic) bond motifs is 1. The molecule has 1 aliphatic carbocycles. The molecule has 2 aromatic carbocycles. The summed E-state index contributed by atoms with van der Waals surface area (Å²) in [7, 11) is 0. The highest BCUT2D eigenvalue weighted by Crippen LogP contribution is 2.38. The first-order chi connectivity index (χ1) is 17.0. The summed E-state index contributed by atoms with van der Waals surface area (Å²) in [6.07, 6.45) is 4.69. The lowest BCUT2D eigenvalue weighted by molar-refractivity contribution is -0.127. The van der Waals surface area contributed by atoms with Crippen LogP contribution in [0, 0.1) is 17.2 Å². The van der Waals surface area contributed by atoms with E-state index < -0.39 is 6.61 Å². The van der Waals surface area contributed by atoms with E-state index in [0.717, 1.165) is 31.2 Å². The fourth-order valence-electron chi connectivity index (χ4n) is 4.96. The van der Waals surface area contributed by atoms with E-state index >= 15 is 0 Å². The number of nitrogens with zero attached hydrogens (tertiary/aromatic N) is 2. The van der Waals surface area contributed by atoms with E-state index in [1.165, 1.54) is 6.07 Å². The molecule has 1 aromatic heterocycles. The Labute approximate surface area is 201 Å². The Hall–Kier alpha value is -3.67. The molecule has 9 heteroatoms. The second kappa shape index (κ2) is 9.90. The van der Waals surface area contributed by atoms with Gasteiger partial charge in [-0.1, -0.05) is 12.1 Å². The minimum Gasteiger partial charge on any atom is -0.487 e. The standard InChI is InChI=1S/C26H25F2N3O4/c27-26(28)35-20-9-8-15(11-22(20)33-19-5-1-2-6-19)18-10-17(25(32)30-14-18)12-23-31-24-16(13-29)4-3-7-21(24)34-23/h3-4,7-9,11,17-19,26H,1-2,5-6,10,12,14H2,(H,30,32)/t17-,18-/m1/s1. The molecule has 182 valence electrons. The van der Waals surface area contributed by atoms with Crippen LogP contribution in [0.25, 0.3) is 11.1 Å². The topological polar surface area (TPSA) is 97.4 Å². The number of halogens is 2. The minimum atomic E-state index is -2.94. The first-order valence-electron chi connectivity index (χ1n) is 11.8. The van der Waals surface area contributed by atoms with Crippen LogP contribution in [0.2, 0.25) is 0 Å². The summed E-state index contributed by atoms with van der Waals surface area (Å²) < 4.78 is 42.4. The molecule has 1 N–H and O–H groups in total. The van der Waals surface area contributed by atoms with Gasteiger partial charge in [0, 0.05) is 24.8 Å². The molecular weight excluding hydrogens is 456 g/mol. The third-order valence-corrected chi connectivity index (χ3v) is 6.72. The molecule has 2 heterocycles. The van der Waals surface area contributed by atoms with Crippen LogP contribution in [-0.2, 0) is 11.2 Å². The van der Waals surface area contributed by atoms with Crippen LogP contribution in [-0.4, -0.2) is 30.2 Å². The number of nitriles is 1. The fraction of sp³-hybridized carbons (Fsp3) is 0.423. The van der Waals surface area contributed by atoms with Gasteiger partial charge in [-0.3, -0.25) is 4.79 Å². The van der Waals surface area contributed by atoms with E-state index in [1.54, 1.807) is 30.3 Å². The molecule has 2 aliphatic rings.